The number of carbonyl (C=O) groups excluding carboxylic acids is 2. The van der Waals surface area contributed by atoms with Gasteiger partial charge in [0.05, 0.1) is 7.11 Å². The molecular formula is C17H22O4. The van der Waals surface area contributed by atoms with E-state index in [2.05, 4.69) is 11.3 Å². The Morgan fingerprint density at radius 2 is 2.14 bits per heavy atom. The van der Waals surface area contributed by atoms with Crippen molar-refractivity contribution >= 4 is 11.8 Å². The summed E-state index contributed by atoms with van der Waals surface area (Å²) in [5.41, 5.74) is -0.895. The molecular weight excluding hydrogens is 268 g/mol. The van der Waals surface area contributed by atoms with Crippen molar-refractivity contribution in [1.29, 1.82) is 0 Å². The van der Waals surface area contributed by atoms with E-state index in [-0.39, 0.29) is 12.2 Å². The Morgan fingerprint density at radius 3 is 2.67 bits per heavy atom. The molecule has 4 heteroatoms. The molecule has 114 valence electrons. The molecule has 1 N–H and O–H groups in total. The number of hydrogen-bond acceptors (Lipinski definition) is 4. The summed E-state index contributed by atoms with van der Waals surface area (Å²) in [5, 5.41) is 11.0. The Labute approximate surface area is 125 Å². The maximum absolute atomic E-state index is 11.7. The fourth-order valence-corrected chi connectivity index (χ4v) is 2.44. The van der Waals surface area contributed by atoms with Crippen LogP contribution >= 0.6 is 0 Å². The fourth-order valence-electron chi connectivity index (χ4n) is 2.44. The highest BCUT2D eigenvalue weighted by Gasteiger charge is 2.48. The van der Waals surface area contributed by atoms with E-state index in [1.165, 1.54) is 19.3 Å². The van der Waals surface area contributed by atoms with Gasteiger partial charge in [-0.1, -0.05) is 19.1 Å². The first-order valence-electron chi connectivity index (χ1n) is 6.71. The fraction of sp³-hybridized carbons (Fsp3) is 0.412. The predicted molar refractivity (Wildman–Crippen MR) is 81.5 cm³/mol. The molecule has 1 aliphatic carbocycles. The minimum Gasteiger partial charge on any atom is -0.466 e. The van der Waals surface area contributed by atoms with Gasteiger partial charge in [-0.3, -0.25) is 4.79 Å². The van der Waals surface area contributed by atoms with Gasteiger partial charge in [-0.2, -0.15) is 0 Å². The normalized spacial score (nSPS) is 30.2. The molecule has 0 aromatic heterocycles. The molecule has 1 rings (SSSR count). The Morgan fingerprint density at radius 1 is 1.52 bits per heavy atom. The average molecular weight is 290 g/mol. The Kier molecular flexibility index (Phi) is 5.07. The molecule has 0 radical (unpaired) electrons. The van der Waals surface area contributed by atoms with Crippen LogP contribution in [0.15, 0.2) is 48.1 Å². The SMILES string of the molecule is C=C[C@@]1(C)CC(=O)C=C(C)[C@]1(O)/C=C/C(C)=C\C(=O)OC. The molecule has 0 saturated carbocycles. The zero-order valence-corrected chi connectivity index (χ0v) is 13.0. The second-order valence-electron chi connectivity index (χ2n) is 5.60. The minimum atomic E-state index is -1.31. The van der Waals surface area contributed by atoms with E-state index in [4.69, 9.17) is 0 Å². The molecule has 0 unspecified atom stereocenters. The molecule has 2 atom stereocenters. The molecule has 0 aliphatic heterocycles. The molecule has 0 heterocycles. The highest BCUT2D eigenvalue weighted by atomic mass is 16.5. The first kappa shape index (κ1) is 17.1. The molecule has 0 aromatic rings. The summed E-state index contributed by atoms with van der Waals surface area (Å²) in [7, 11) is 1.30. The number of ketones is 1. The summed E-state index contributed by atoms with van der Waals surface area (Å²) in [6.07, 6.45) is 7.82. The quantitative estimate of drug-likeness (QED) is 0.374. The van der Waals surface area contributed by atoms with Gasteiger partial charge in [-0.25, -0.2) is 4.79 Å². The van der Waals surface area contributed by atoms with Crippen LogP contribution < -0.4 is 0 Å². The lowest BCUT2D eigenvalue weighted by molar-refractivity contribution is -0.134. The summed E-state index contributed by atoms with van der Waals surface area (Å²) in [5.74, 6) is -0.489. The number of ether oxygens (including phenoxy) is 1. The number of aliphatic hydroxyl groups is 1. The second-order valence-corrected chi connectivity index (χ2v) is 5.60. The van der Waals surface area contributed by atoms with Crippen LogP contribution in [-0.4, -0.2) is 29.6 Å². The van der Waals surface area contributed by atoms with Crippen LogP contribution in [0.3, 0.4) is 0 Å². The number of rotatable bonds is 4. The van der Waals surface area contributed by atoms with E-state index >= 15 is 0 Å². The van der Waals surface area contributed by atoms with Crippen LogP contribution in [0, 0.1) is 5.41 Å². The molecule has 0 saturated heterocycles. The largest absolute Gasteiger partial charge is 0.466 e. The molecule has 0 aromatic carbocycles. The van der Waals surface area contributed by atoms with Crippen molar-refractivity contribution in [2.24, 2.45) is 5.41 Å². The van der Waals surface area contributed by atoms with Crippen molar-refractivity contribution in [1.82, 2.24) is 0 Å². The topological polar surface area (TPSA) is 63.6 Å². The Bertz CT molecular complexity index is 553. The molecule has 1 aliphatic rings. The first-order chi connectivity index (χ1) is 9.68. The summed E-state index contributed by atoms with van der Waals surface area (Å²) in [6, 6.07) is 0. The van der Waals surface area contributed by atoms with E-state index in [9.17, 15) is 14.7 Å². The van der Waals surface area contributed by atoms with E-state index < -0.39 is 17.0 Å². The predicted octanol–water partition coefficient (Wildman–Crippen LogP) is 2.50. The Balaban J connectivity index is 3.20. The number of methoxy groups -OCH3 is 1. The molecule has 0 spiro atoms. The van der Waals surface area contributed by atoms with Gasteiger partial charge in [0.1, 0.15) is 5.60 Å². The van der Waals surface area contributed by atoms with Gasteiger partial charge in [-0.15, -0.1) is 6.58 Å². The smallest absolute Gasteiger partial charge is 0.330 e. The summed E-state index contributed by atoms with van der Waals surface area (Å²) >= 11 is 0. The van der Waals surface area contributed by atoms with E-state index in [0.717, 1.165) is 0 Å². The van der Waals surface area contributed by atoms with Gasteiger partial charge in [0.2, 0.25) is 0 Å². The van der Waals surface area contributed by atoms with Crippen molar-refractivity contribution in [3.05, 3.63) is 48.1 Å². The maximum atomic E-state index is 11.7. The molecule has 0 bridgehead atoms. The van der Waals surface area contributed by atoms with Crippen molar-refractivity contribution < 1.29 is 19.4 Å². The summed E-state index contributed by atoms with van der Waals surface area (Å²) < 4.78 is 4.55. The lowest BCUT2D eigenvalue weighted by Crippen LogP contribution is -2.48. The third kappa shape index (κ3) is 3.39. The monoisotopic (exact) mass is 290 g/mol. The van der Waals surface area contributed by atoms with Crippen LogP contribution in [0.2, 0.25) is 0 Å². The Hall–Kier alpha value is -1.94. The molecule has 0 amide bonds. The average Bonchev–Trinajstić information content (AvgIpc) is 2.42. The van der Waals surface area contributed by atoms with Crippen molar-refractivity contribution in [3.8, 4) is 0 Å². The molecule has 4 nitrogen and oxygen atoms in total. The van der Waals surface area contributed by atoms with Crippen LogP contribution in [-0.2, 0) is 14.3 Å². The first-order valence-corrected chi connectivity index (χ1v) is 6.71. The lowest BCUT2D eigenvalue weighted by atomic mass is 9.63. The van der Waals surface area contributed by atoms with Gasteiger partial charge >= 0.3 is 5.97 Å². The van der Waals surface area contributed by atoms with Crippen LogP contribution in [0.4, 0.5) is 0 Å². The van der Waals surface area contributed by atoms with E-state index in [1.807, 2.05) is 0 Å². The molecule has 0 fully saturated rings. The van der Waals surface area contributed by atoms with Crippen LogP contribution in [0.25, 0.3) is 0 Å². The van der Waals surface area contributed by atoms with E-state index in [0.29, 0.717) is 11.1 Å². The zero-order chi connectivity index (χ0) is 16.3. The maximum Gasteiger partial charge on any atom is 0.330 e. The van der Waals surface area contributed by atoms with Gasteiger partial charge in [0.25, 0.3) is 0 Å². The van der Waals surface area contributed by atoms with Crippen molar-refractivity contribution in [2.75, 3.05) is 7.11 Å². The zero-order valence-electron chi connectivity index (χ0n) is 13.0. The van der Waals surface area contributed by atoms with Gasteiger partial charge in [-0.05, 0) is 37.1 Å². The number of carbonyl (C=O) groups is 2. The summed E-state index contributed by atoms with van der Waals surface area (Å²) in [4.78, 5) is 22.9. The highest BCUT2D eigenvalue weighted by Crippen LogP contribution is 2.45. The number of allylic oxidation sites excluding steroid dienone is 3. The van der Waals surface area contributed by atoms with Crippen molar-refractivity contribution in [2.45, 2.75) is 32.8 Å². The van der Waals surface area contributed by atoms with Crippen LogP contribution in [0.1, 0.15) is 27.2 Å². The lowest BCUT2D eigenvalue weighted by Gasteiger charge is -2.44. The summed E-state index contributed by atoms with van der Waals surface area (Å²) in [6.45, 7) is 8.98. The standard InChI is InChI=1S/C17H22O4/c1-6-16(4)11-14(18)10-13(3)17(16,20)8-7-12(2)9-15(19)21-5/h6-10,20H,1,11H2,2-5H3/b8-7+,12-9-/t16-,17+/m0/s1. The van der Waals surface area contributed by atoms with Crippen LogP contribution in [0.5, 0.6) is 0 Å². The second kappa shape index (κ2) is 6.22. The third-order valence-electron chi connectivity index (χ3n) is 3.98. The number of esters is 1. The molecule has 21 heavy (non-hydrogen) atoms. The minimum absolute atomic E-state index is 0.0326. The van der Waals surface area contributed by atoms with Crippen molar-refractivity contribution in [3.63, 3.8) is 0 Å². The van der Waals surface area contributed by atoms with Gasteiger partial charge < -0.3 is 9.84 Å². The van der Waals surface area contributed by atoms with Gasteiger partial charge in [0.15, 0.2) is 5.78 Å². The number of hydrogen-bond donors (Lipinski definition) is 1. The van der Waals surface area contributed by atoms with E-state index in [1.54, 1.807) is 39.0 Å². The third-order valence-corrected chi connectivity index (χ3v) is 3.98. The highest BCUT2D eigenvalue weighted by molar-refractivity contribution is 5.93. The van der Waals surface area contributed by atoms with Gasteiger partial charge in [0, 0.05) is 17.9 Å².